The Labute approximate surface area is 131 Å². The SMILES string of the molecule is C[C@H](NC(=O)c1cnc(Nc2ccccc2)nc1)c1nn[nH]n1. The van der Waals surface area contributed by atoms with Gasteiger partial charge in [-0.1, -0.05) is 23.4 Å². The molecule has 116 valence electrons. The van der Waals surface area contributed by atoms with E-state index in [0.29, 0.717) is 17.3 Å². The number of H-pyrrole nitrogens is 1. The minimum atomic E-state index is -0.372. The molecule has 23 heavy (non-hydrogen) atoms. The minimum Gasteiger partial charge on any atom is -0.342 e. The highest BCUT2D eigenvalue weighted by Crippen LogP contribution is 2.12. The average Bonchev–Trinajstić information content (AvgIpc) is 3.11. The van der Waals surface area contributed by atoms with E-state index in [1.54, 1.807) is 6.92 Å². The first-order chi connectivity index (χ1) is 11.2. The van der Waals surface area contributed by atoms with Gasteiger partial charge in [0.05, 0.1) is 11.6 Å². The summed E-state index contributed by atoms with van der Waals surface area (Å²) in [5.41, 5.74) is 1.22. The van der Waals surface area contributed by atoms with Crippen LogP contribution in [0, 0.1) is 0 Å². The number of rotatable bonds is 5. The molecular formula is C14H14N8O. The van der Waals surface area contributed by atoms with Gasteiger partial charge in [-0.25, -0.2) is 9.97 Å². The highest BCUT2D eigenvalue weighted by atomic mass is 16.1. The lowest BCUT2D eigenvalue weighted by Gasteiger charge is -2.10. The lowest BCUT2D eigenvalue weighted by Crippen LogP contribution is -2.27. The van der Waals surface area contributed by atoms with Crippen LogP contribution in [0.4, 0.5) is 11.6 Å². The highest BCUT2D eigenvalue weighted by molar-refractivity contribution is 5.93. The molecule has 1 aromatic carbocycles. The van der Waals surface area contributed by atoms with Gasteiger partial charge < -0.3 is 10.6 Å². The van der Waals surface area contributed by atoms with Gasteiger partial charge in [-0.3, -0.25) is 4.79 Å². The summed E-state index contributed by atoms with van der Waals surface area (Å²) in [6.45, 7) is 1.76. The molecule has 0 radical (unpaired) electrons. The number of hydrogen-bond donors (Lipinski definition) is 3. The molecule has 3 rings (SSSR count). The Hall–Kier alpha value is -3.36. The van der Waals surface area contributed by atoms with Crippen LogP contribution in [0.5, 0.6) is 0 Å². The molecule has 0 aliphatic heterocycles. The normalized spacial score (nSPS) is 11.7. The standard InChI is InChI=1S/C14H14N8O/c1-9(12-19-21-22-20-12)17-13(23)10-7-15-14(16-8-10)18-11-5-3-2-4-6-11/h2-9H,1H3,(H,17,23)(H,15,16,18)(H,19,20,21,22)/t9-/m0/s1. The number of benzene rings is 1. The molecule has 0 bridgehead atoms. The van der Waals surface area contributed by atoms with Gasteiger partial charge in [0, 0.05) is 18.1 Å². The first-order valence-corrected chi connectivity index (χ1v) is 6.90. The maximum absolute atomic E-state index is 12.1. The Morgan fingerprint density at radius 3 is 2.57 bits per heavy atom. The van der Waals surface area contributed by atoms with E-state index in [4.69, 9.17) is 0 Å². The third-order valence-corrected chi connectivity index (χ3v) is 3.04. The van der Waals surface area contributed by atoms with Crippen LogP contribution >= 0.6 is 0 Å². The number of aromatic amines is 1. The fourth-order valence-electron chi connectivity index (χ4n) is 1.86. The van der Waals surface area contributed by atoms with Gasteiger partial charge in [-0.2, -0.15) is 5.21 Å². The topological polar surface area (TPSA) is 121 Å². The predicted molar refractivity (Wildman–Crippen MR) is 81.8 cm³/mol. The molecule has 0 saturated heterocycles. The van der Waals surface area contributed by atoms with E-state index < -0.39 is 0 Å². The molecule has 2 aromatic heterocycles. The molecule has 1 amide bonds. The zero-order chi connectivity index (χ0) is 16.1. The molecule has 9 heteroatoms. The maximum Gasteiger partial charge on any atom is 0.255 e. The largest absolute Gasteiger partial charge is 0.342 e. The molecule has 0 fully saturated rings. The number of anilines is 2. The summed E-state index contributed by atoms with van der Waals surface area (Å²) in [5, 5.41) is 19.2. The van der Waals surface area contributed by atoms with Gasteiger partial charge in [0.25, 0.3) is 5.91 Å². The minimum absolute atomic E-state index is 0.312. The van der Waals surface area contributed by atoms with Crippen LogP contribution in [0.3, 0.4) is 0 Å². The number of carbonyl (C=O) groups excluding carboxylic acids is 1. The van der Waals surface area contributed by atoms with Crippen molar-refractivity contribution in [3.8, 4) is 0 Å². The molecule has 3 aromatic rings. The van der Waals surface area contributed by atoms with Gasteiger partial charge in [0.2, 0.25) is 5.95 Å². The molecular weight excluding hydrogens is 296 g/mol. The van der Waals surface area contributed by atoms with Gasteiger partial charge in [-0.15, -0.1) is 10.2 Å². The fraction of sp³-hybridized carbons (Fsp3) is 0.143. The van der Waals surface area contributed by atoms with E-state index in [2.05, 4.69) is 41.2 Å². The third-order valence-electron chi connectivity index (χ3n) is 3.04. The maximum atomic E-state index is 12.1. The smallest absolute Gasteiger partial charge is 0.255 e. The second-order valence-corrected chi connectivity index (χ2v) is 4.75. The highest BCUT2D eigenvalue weighted by Gasteiger charge is 2.15. The number of nitrogens with zero attached hydrogens (tertiary/aromatic N) is 5. The molecule has 0 spiro atoms. The summed E-state index contributed by atoms with van der Waals surface area (Å²) in [6, 6.07) is 9.16. The van der Waals surface area contributed by atoms with E-state index in [0.717, 1.165) is 5.69 Å². The van der Waals surface area contributed by atoms with Crippen LogP contribution in [0.25, 0.3) is 0 Å². The average molecular weight is 310 g/mol. The number of amides is 1. The first-order valence-electron chi connectivity index (χ1n) is 6.90. The molecule has 9 nitrogen and oxygen atoms in total. The van der Waals surface area contributed by atoms with Crippen molar-refractivity contribution in [2.24, 2.45) is 0 Å². The van der Waals surface area contributed by atoms with Crippen LogP contribution < -0.4 is 10.6 Å². The summed E-state index contributed by atoms with van der Waals surface area (Å²) >= 11 is 0. The number of carbonyl (C=O) groups is 1. The van der Waals surface area contributed by atoms with Crippen molar-refractivity contribution in [3.63, 3.8) is 0 Å². The lowest BCUT2D eigenvalue weighted by atomic mass is 10.2. The number of hydrogen-bond acceptors (Lipinski definition) is 7. The first kappa shape index (κ1) is 14.6. The number of tetrazole rings is 1. The second-order valence-electron chi connectivity index (χ2n) is 4.75. The molecule has 0 aliphatic carbocycles. The van der Waals surface area contributed by atoms with Crippen molar-refractivity contribution in [1.29, 1.82) is 0 Å². The van der Waals surface area contributed by atoms with Crippen LogP contribution in [-0.2, 0) is 0 Å². The van der Waals surface area contributed by atoms with E-state index >= 15 is 0 Å². The van der Waals surface area contributed by atoms with Crippen molar-refractivity contribution in [2.75, 3.05) is 5.32 Å². The van der Waals surface area contributed by atoms with E-state index in [1.165, 1.54) is 12.4 Å². The van der Waals surface area contributed by atoms with Crippen molar-refractivity contribution < 1.29 is 4.79 Å². The van der Waals surface area contributed by atoms with Crippen LogP contribution in [-0.4, -0.2) is 36.5 Å². The quantitative estimate of drug-likeness (QED) is 0.647. The van der Waals surface area contributed by atoms with Crippen LogP contribution in [0.15, 0.2) is 42.7 Å². The summed E-state index contributed by atoms with van der Waals surface area (Å²) in [7, 11) is 0. The Bertz CT molecular complexity index is 757. The molecule has 3 N–H and O–H groups in total. The van der Waals surface area contributed by atoms with Crippen molar-refractivity contribution in [1.82, 2.24) is 35.9 Å². The summed E-state index contributed by atoms with van der Waals surface area (Å²) in [5.74, 6) is 0.508. The predicted octanol–water partition coefficient (Wildman–Crippen LogP) is 1.22. The Kier molecular flexibility index (Phi) is 4.18. The number of nitrogens with one attached hydrogen (secondary N) is 3. The van der Waals surface area contributed by atoms with Gasteiger partial charge in [-0.05, 0) is 19.1 Å². The van der Waals surface area contributed by atoms with E-state index in [-0.39, 0.29) is 11.9 Å². The summed E-state index contributed by atoms with van der Waals surface area (Å²) in [6.07, 6.45) is 2.91. The molecule has 2 heterocycles. The fourth-order valence-corrected chi connectivity index (χ4v) is 1.86. The van der Waals surface area contributed by atoms with Gasteiger partial charge >= 0.3 is 0 Å². The Morgan fingerprint density at radius 1 is 1.17 bits per heavy atom. The molecule has 1 atom stereocenters. The number of para-hydroxylation sites is 1. The molecule has 0 unspecified atom stereocenters. The van der Waals surface area contributed by atoms with Gasteiger partial charge in [0.1, 0.15) is 0 Å². The van der Waals surface area contributed by atoms with E-state index in [1.807, 2.05) is 30.3 Å². The van der Waals surface area contributed by atoms with Crippen molar-refractivity contribution in [3.05, 3.63) is 54.1 Å². The van der Waals surface area contributed by atoms with Crippen molar-refractivity contribution >= 4 is 17.5 Å². The summed E-state index contributed by atoms with van der Waals surface area (Å²) < 4.78 is 0. The summed E-state index contributed by atoms with van der Waals surface area (Å²) in [4.78, 5) is 20.4. The lowest BCUT2D eigenvalue weighted by molar-refractivity contribution is 0.0937. The zero-order valence-electron chi connectivity index (χ0n) is 12.3. The Morgan fingerprint density at radius 2 is 1.91 bits per heavy atom. The van der Waals surface area contributed by atoms with Gasteiger partial charge in [0.15, 0.2) is 5.82 Å². The van der Waals surface area contributed by atoms with Crippen LogP contribution in [0.2, 0.25) is 0 Å². The van der Waals surface area contributed by atoms with E-state index in [9.17, 15) is 4.79 Å². The molecule has 0 saturated carbocycles. The molecule has 0 aliphatic rings. The number of aromatic nitrogens is 6. The van der Waals surface area contributed by atoms with Crippen LogP contribution in [0.1, 0.15) is 29.1 Å². The zero-order valence-corrected chi connectivity index (χ0v) is 12.3. The monoisotopic (exact) mass is 310 g/mol. The third kappa shape index (κ3) is 3.64. The Balaban J connectivity index is 1.63. The van der Waals surface area contributed by atoms with Crippen molar-refractivity contribution in [2.45, 2.75) is 13.0 Å². The second kappa shape index (κ2) is 6.60.